The Balaban J connectivity index is 1.96. The van der Waals surface area contributed by atoms with Gasteiger partial charge in [-0.2, -0.15) is 0 Å². The van der Waals surface area contributed by atoms with Crippen molar-refractivity contribution in [1.29, 1.82) is 0 Å². The lowest BCUT2D eigenvalue weighted by atomic mass is 10.1. The van der Waals surface area contributed by atoms with Crippen molar-refractivity contribution in [3.05, 3.63) is 52.0 Å². The van der Waals surface area contributed by atoms with Gasteiger partial charge in [0.2, 0.25) is 5.91 Å². The zero-order chi connectivity index (χ0) is 18.2. The summed E-state index contributed by atoms with van der Waals surface area (Å²) in [6.45, 7) is 0.362. The molecule has 0 spiro atoms. The van der Waals surface area contributed by atoms with E-state index in [0.29, 0.717) is 36.6 Å². The molecule has 0 saturated carbocycles. The molecule has 0 aliphatic rings. The smallest absolute Gasteiger partial charge is 0.220 e. The minimum absolute atomic E-state index is 0.0168. The van der Waals surface area contributed by atoms with Gasteiger partial charge in [-0.3, -0.25) is 4.79 Å². The van der Waals surface area contributed by atoms with Crippen molar-refractivity contribution in [2.24, 2.45) is 0 Å². The van der Waals surface area contributed by atoms with Crippen LogP contribution < -0.4 is 19.5 Å². The van der Waals surface area contributed by atoms with E-state index in [0.717, 1.165) is 15.6 Å². The Hall–Kier alpha value is -2.21. The summed E-state index contributed by atoms with van der Waals surface area (Å²) in [5.41, 5.74) is 1.95. The monoisotopic (exact) mass is 407 g/mol. The summed E-state index contributed by atoms with van der Waals surface area (Å²) in [5, 5.41) is 2.92. The Kier molecular flexibility index (Phi) is 7.13. The molecule has 2 aromatic rings. The normalized spacial score (nSPS) is 10.2. The van der Waals surface area contributed by atoms with Gasteiger partial charge in [-0.05, 0) is 30.2 Å². The molecule has 0 aliphatic heterocycles. The average Bonchev–Trinajstić information content (AvgIpc) is 2.63. The Bertz CT molecular complexity index is 733. The third-order valence-corrected chi connectivity index (χ3v) is 4.29. The van der Waals surface area contributed by atoms with Crippen molar-refractivity contribution >= 4 is 21.8 Å². The molecule has 2 rings (SSSR count). The molecule has 0 saturated heterocycles. The highest BCUT2D eigenvalue weighted by Crippen LogP contribution is 2.34. The van der Waals surface area contributed by atoms with E-state index >= 15 is 0 Å². The summed E-state index contributed by atoms with van der Waals surface area (Å²) in [7, 11) is 4.73. The Morgan fingerprint density at radius 2 is 1.68 bits per heavy atom. The lowest BCUT2D eigenvalue weighted by Crippen LogP contribution is -2.23. The number of hydrogen-bond acceptors (Lipinski definition) is 4. The molecule has 0 unspecified atom stereocenters. The zero-order valence-electron chi connectivity index (χ0n) is 14.6. The fourth-order valence-electron chi connectivity index (χ4n) is 2.46. The van der Waals surface area contributed by atoms with Crippen molar-refractivity contribution in [3.8, 4) is 17.2 Å². The molecule has 0 aliphatic carbocycles. The molecule has 0 heterocycles. The van der Waals surface area contributed by atoms with Crippen molar-refractivity contribution in [3.63, 3.8) is 0 Å². The second-order valence-electron chi connectivity index (χ2n) is 5.43. The first kappa shape index (κ1) is 19.1. The Morgan fingerprint density at radius 1 is 1.00 bits per heavy atom. The van der Waals surface area contributed by atoms with Gasteiger partial charge in [0.1, 0.15) is 5.75 Å². The van der Waals surface area contributed by atoms with Crippen LogP contribution in [0.15, 0.2) is 40.9 Å². The minimum Gasteiger partial charge on any atom is -0.496 e. The molecule has 6 heteroatoms. The summed E-state index contributed by atoms with van der Waals surface area (Å²) < 4.78 is 16.9. The molecule has 1 amide bonds. The number of amides is 1. The summed E-state index contributed by atoms with van der Waals surface area (Å²) in [6.07, 6.45) is 1.11. The summed E-state index contributed by atoms with van der Waals surface area (Å²) in [4.78, 5) is 12.1. The van der Waals surface area contributed by atoms with E-state index in [4.69, 9.17) is 14.2 Å². The second kappa shape index (κ2) is 9.32. The number of rotatable bonds is 8. The number of aryl methyl sites for hydroxylation is 1. The van der Waals surface area contributed by atoms with E-state index in [9.17, 15) is 4.79 Å². The van der Waals surface area contributed by atoms with Crippen LogP contribution in [0, 0.1) is 0 Å². The molecule has 5 nitrogen and oxygen atoms in total. The van der Waals surface area contributed by atoms with Crippen LogP contribution in [0.25, 0.3) is 0 Å². The van der Waals surface area contributed by atoms with Crippen LogP contribution >= 0.6 is 15.9 Å². The van der Waals surface area contributed by atoms with Crippen LogP contribution in [0.1, 0.15) is 17.5 Å². The second-order valence-corrected chi connectivity index (χ2v) is 6.34. The van der Waals surface area contributed by atoms with E-state index in [1.165, 1.54) is 0 Å². The number of carbonyl (C=O) groups is 1. The van der Waals surface area contributed by atoms with Gasteiger partial charge in [-0.25, -0.2) is 0 Å². The van der Waals surface area contributed by atoms with E-state index in [1.54, 1.807) is 27.4 Å². The van der Waals surface area contributed by atoms with Crippen LogP contribution in [-0.4, -0.2) is 27.2 Å². The largest absolute Gasteiger partial charge is 0.496 e. The number of benzene rings is 2. The molecule has 0 atom stereocenters. The molecule has 0 aromatic heterocycles. The standard InChI is InChI=1S/C19H22BrNO4/c1-23-16-11-18(25-3)17(24-2)10-14(16)12-21-19(22)8-7-13-5-4-6-15(20)9-13/h4-6,9-11H,7-8,12H2,1-3H3,(H,21,22). The number of hydrogen-bond donors (Lipinski definition) is 1. The van der Waals surface area contributed by atoms with Crippen molar-refractivity contribution in [2.45, 2.75) is 19.4 Å². The van der Waals surface area contributed by atoms with Gasteiger partial charge in [-0.1, -0.05) is 28.1 Å². The van der Waals surface area contributed by atoms with E-state index in [2.05, 4.69) is 21.2 Å². The van der Waals surface area contributed by atoms with Crippen LogP contribution in [0.3, 0.4) is 0 Å². The number of methoxy groups -OCH3 is 3. The summed E-state index contributed by atoms with van der Waals surface area (Å²) in [6, 6.07) is 11.5. The number of halogens is 1. The lowest BCUT2D eigenvalue weighted by Gasteiger charge is -2.14. The van der Waals surface area contributed by atoms with Gasteiger partial charge in [0.05, 0.1) is 21.3 Å². The van der Waals surface area contributed by atoms with E-state index in [1.807, 2.05) is 30.3 Å². The lowest BCUT2D eigenvalue weighted by molar-refractivity contribution is -0.121. The summed E-state index contributed by atoms with van der Waals surface area (Å²) in [5.74, 6) is 1.81. The van der Waals surface area contributed by atoms with Gasteiger partial charge in [0.15, 0.2) is 11.5 Å². The van der Waals surface area contributed by atoms with Crippen LogP contribution in [0.5, 0.6) is 17.2 Å². The number of ether oxygens (including phenoxy) is 3. The first-order chi connectivity index (χ1) is 12.1. The van der Waals surface area contributed by atoms with E-state index in [-0.39, 0.29) is 5.91 Å². The van der Waals surface area contributed by atoms with Crippen LogP contribution in [0.4, 0.5) is 0 Å². The van der Waals surface area contributed by atoms with Gasteiger partial charge in [0.25, 0.3) is 0 Å². The minimum atomic E-state index is -0.0168. The van der Waals surface area contributed by atoms with Crippen LogP contribution in [-0.2, 0) is 17.8 Å². The molecular weight excluding hydrogens is 386 g/mol. The Morgan fingerprint density at radius 3 is 2.32 bits per heavy atom. The first-order valence-electron chi connectivity index (χ1n) is 7.87. The third kappa shape index (κ3) is 5.39. The Labute approximate surface area is 156 Å². The fraction of sp³-hybridized carbons (Fsp3) is 0.316. The maximum atomic E-state index is 12.1. The first-order valence-corrected chi connectivity index (χ1v) is 8.66. The van der Waals surface area contributed by atoms with Gasteiger partial charge < -0.3 is 19.5 Å². The molecule has 134 valence electrons. The fourth-order valence-corrected chi connectivity index (χ4v) is 2.91. The molecule has 0 bridgehead atoms. The van der Waals surface area contributed by atoms with Gasteiger partial charge >= 0.3 is 0 Å². The highest BCUT2D eigenvalue weighted by atomic mass is 79.9. The predicted octanol–water partition coefficient (Wildman–Crippen LogP) is 3.72. The maximum absolute atomic E-state index is 12.1. The molecule has 0 fully saturated rings. The predicted molar refractivity (Wildman–Crippen MR) is 100 cm³/mol. The third-order valence-electron chi connectivity index (χ3n) is 3.79. The topological polar surface area (TPSA) is 56.8 Å². The SMILES string of the molecule is COc1cc(OC)c(OC)cc1CNC(=O)CCc1cccc(Br)c1. The van der Waals surface area contributed by atoms with Crippen molar-refractivity contribution in [2.75, 3.05) is 21.3 Å². The molecule has 0 radical (unpaired) electrons. The molecular formula is C19H22BrNO4. The van der Waals surface area contributed by atoms with Crippen molar-refractivity contribution in [1.82, 2.24) is 5.32 Å². The quantitative estimate of drug-likeness (QED) is 0.724. The molecule has 2 aromatic carbocycles. The van der Waals surface area contributed by atoms with Crippen molar-refractivity contribution < 1.29 is 19.0 Å². The maximum Gasteiger partial charge on any atom is 0.220 e. The molecule has 25 heavy (non-hydrogen) atoms. The summed E-state index contributed by atoms with van der Waals surface area (Å²) >= 11 is 3.44. The van der Waals surface area contributed by atoms with E-state index < -0.39 is 0 Å². The number of carbonyl (C=O) groups excluding carboxylic acids is 1. The van der Waals surface area contributed by atoms with Gasteiger partial charge in [-0.15, -0.1) is 0 Å². The highest BCUT2D eigenvalue weighted by molar-refractivity contribution is 9.10. The average molecular weight is 408 g/mol. The highest BCUT2D eigenvalue weighted by Gasteiger charge is 2.12. The molecule has 1 N–H and O–H groups in total. The van der Waals surface area contributed by atoms with Gasteiger partial charge in [0, 0.05) is 29.1 Å². The number of nitrogens with one attached hydrogen (secondary N) is 1. The zero-order valence-corrected chi connectivity index (χ0v) is 16.2. The van der Waals surface area contributed by atoms with Crippen LogP contribution in [0.2, 0.25) is 0 Å².